The van der Waals surface area contributed by atoms with E-state index in [9.17, 15) is 26.7 Å². The highest BCUT2D eigenvalue weighted by molar-refractivity contribution is 7.92. The van der Waals surface area contributed by atoms with Gasteiger partial charge in [-0.1, -0.05) is 18.2 Å². The van der Waals surface area contributed by atoms with Crippen LogP contribution in [-0.4, -0.2) is 32.5 Å². The van der Waals surface area contributed by atoms with Crippen LogP contribution in [0.2, 0.25) is 0 Å². The average Bonchev–Trinajstić information content (AvgIpc) is 3.15. The quantitative estimate of drug-likeness (QED) is 0.607. The predicted molar refractivity (Wildman–Crippen MR) is 102 cm³/mol. The van der Waals surface area contributed by atoms with Crippen LogP contribution in [-0.2, 0) is 20.1 Å². The summed E-state index contributed by atoms with van der Waals surface area (Å²) in [5.74, 6) is -1.31. The van der Waals surface area contributed by atoms with Gasteiger partial charge in [-0.05, 0) is 60.7 Å². The van der Waals surface area contributed by atoms with E-state index in [1.54, 1.807) is 6.07 Å². The first-order valence-corrected chi connectivity index (χ1v) is 11.2. The molecule has 0 aromatic heterocycles. The van der Waals surface area contributed by atoms with Crippen molar-refractivity contribution in [3.8, 4) is 0 Å². The van der Waals surface area contributed by atoms with Gasteiger partial charge in [0.25, 0.3) is 20.1 Å². The van der Waals surface area contributed by atoms with Crippen LogP contribution in [0, 0.1) is 0 Å². The Hall–Kier alpha value is -2.69. The lowest BCUT2D eigenvalue weighted by molar-refractivity contribution is 0.0698. The van der Waals surface area contributed by atoms with Crippen LogP contribution >= 0.6 is 0 Å². The molecule has 0 saturated carbocycles. The highest BCUT2D eigenvalue weighted by Gasteiger charge is 2.22. The molecule has 148 valence electrons. The van der Waals surface area contributed by atoms with Crippen LogP contribution < -0.4 is 4.72 Å². The van der Waals surface area contributed by atoms with Gasteiger partial charge < -0.3 is 5.11 Å². The molecule has 0 amide bonds. The second kappa shape index (κ2) is 7.38. The fourth-order valence-corrected chi connectivity index (χ4v) is 4.67. The Balaban J connectivity index is 2.04. The van der Waals surface area contributed by atoms with Crippen molar-refractivity contribution in [2.45, 2.75) is 29.1 Å². The molecule has 3 N–H and O–H groups in total. The van der Waals surface area contributed by atoms with Gasteiger partial charge in [-0.15, -0.1) is 0 Å². The number of hydrogen-bond donors (Lipinski definition) is 3. The number of rotatable bonds is 6. The molecule has 0 heterocycles. The van der Waals surface area contributed by atoms with Crippen LogP contribution in [0.3, 0.4) is 0 Å². The van der Waals surface area contributed by atoms with Crippen molar-refractivity contribution in [2.24, 2.45) is 0 Å². The minimum absolute atomic E-state index is 0.130. The molecule has 1 aliphatic rings. The molecule has 0 unspecified atom stereocenters. The summed E-state index contributed by atoms with van der Waals surface area (Å²) in [5, 5.41) is 9.38. The summed E-state index contributed by atoms with van der Waals surface area (Å²) in [6.45, 7) is 0. The van der Waals surface area contributed by atoms with Gasteiger partial charge in [-0.3, -0.25) is 9.27 Å². The zero-order valence-electron chi connectivity index (χ0n) is 14.5. The lowest BCUT2D eigenvalue weighted by Crippen LogP contribution is -2.16. The van der Waals surface area contributed by atoms with Crippen molar-refractivity contribution in [1.82, 2.24) is 0 Å². The third kappa shape index (κ3) is 4.24. The summed E-state index contributed by atoms with van der Waals surface area (Å²) >= 11 is 0. The van der Waals surface area contributed by atoms with E-state index in [1.165, 1.54) is 12.1 Å². The zero-order valence-corrected chi connectivity index (χ0v) is 16.1. The lowest BCUT2D eigenvalue weighted by Gasteiger charge is -2.13. The van der Waals surface area contributed by atoms with E-state index in [0.29, 0.717) is 5.56 Å². The van der Waals surface area contributed by atoms with Gasteiger partial charge in [0.1, 0.15) is 0 Å². The molecule has 1 aliphatic carbocycles. The number of carboxylic acids is 1. The zero-order chi connectivity index (χ0) is 20.5. The molecule has 0 saturated heterocycles. The molecule has 0 fully saturated rings. The number of allylic oxidation sites excluding steroid dienone is 2. The highest BCUT2D eigenvalue weighted by Crippen LogP contribution is 2.31. The first-order chi connectivity index (χ1) is 13.1. The van der Waals surface area contributed by atoms with Gasteiger partial charge in [0, 0.05) is 0 Å². The smallest absolute Gasteiger partial charge is 0.337 e. The summed E-state index contributed by atoms with van der Waals surface area (Å²) in [6.07, 6.45) is 4.71. The number of hydrogen-bond acceptors (Lipinski definition) is 5. The molecule has 28 heavy (non-hydrogen) atoms. The fourth-order valence-electron chi connectivity index (χ4n) is 2.95. The molecule has 0 radical (unpaired) electrons. The number of sulfonamides is 1. The summed E-state index contributed by atoms with van der Waals surface area (Å²) < 4.78 is 59.2. The van der Waals surface area contributed by atoms with Crippen LogP contribution in [0.25, 0.3) is 5.57 Å². The Morgan fingerprint density at radius 2 is 1.71 bits per heavy atom. The molecule has 0 atom stereocenters. The van der Waals surface area contributed by atoms with Crippen molar-refractivity contribution in [3.63, 3.8) is 0 Å². The number of anilines is 1. The van der Waals surface area contributed by atoms with Crippen molar-refractivity contribution in [3.05, 3.63) is 59.7 Å². The van der Waals surface area contributed by atoms with E-state index in [4.69, 9.17) is 4.55 Å². The maximum atomic E-state index is 12.7. The largest absolute Gasteiger partial charge is 0.478 e. The molecule has 0 aliphatic heterocycles. The van der Waals surface area contributed by atoms with Crippen LogP contribution in [0.15, 0.2) is 58.3 Å². The van der Waals surface area contributed by atoms with Crippen molar-refractivity contribution in [2.75, 3.05) is 4.72 Å². The van der Waals surface area contributed by atoms with Gasteiger partial charge >= 0.3 is 5.97 Å². The molecule has 0 spiro atoms. The number of aromatic carboxylic acids is 1. The molecule has 3 rings (SSSR count). The van der Waals surface area contributed by atoms with Crippen LogP contribution in [0.5, 0.6) is 0 Å². The Kier molecular flexibility index (Phi) is 5.28. The molecule has 2 aromatic rings. The third-order valence-electron chi connectivity index (χ3n) is 4.32. The number of carboxylic acid groups (broad SMARTS) is 1. The monoisotopic (exact) mass is 423 g/mol. The van der Waals surface area contributed by atoms with Crippen molar-refractivity contribution in [1.29, 1.82) is 0 Å². The van der Waals surface area contributed by atoms with Gasteiger partial charge in [-0.2, -0.15) is 8.42 Å². The predicted octanol–water partition coefficient (Wildman–Crippen LogP) is 3.00. The summed E-state index contributed by atoms with van der Waals surface area (Å²) in [4.78, 5) is 10.5. The van der Waals surface area contributed by atoms with E-state index < -0.39 is 35.9 Å². The van der Waals surface area contributed by atoms with E-state index in [-0.39, 0.29) is 11.3 Å². The lowest BCUT2D eigenvalue weighted by atomic mass is 10.0. The van der Waals surface area contributed by atoms with Gasteiger partial charge in [0.2, 0.25) is 0 Å². The van der Waals surface area contributed by atoms with E-state index >= 15 is 0 Å². The number of nitrogens with one attached hydrogen (secondary N) is 1. The second-order valence-electron chi connectivity index (χ2n) is 6.24. The minimum atomic E-state index is -4.59. The molecular formula is C18H17NO7S2. The Morgan fingerprint density at radius 1 is 1.00 bits per heavy atom. The number of benzene rings is 2. The van der Waals surface area contributed by atoms with E-state index in [1.807, 2.05) is 6.08 Å². The topological polar surface area (TPSA) is 138 Å². The van der Waals surface area contributed by atoms with E-state index in [2.05, 4.69) is 4.72 Å². The maximum Gasteiger partial charge on any atom is 0.337 e. The molecule has 10 heteroatoms. The number of carbonyl (C=O) groups is 1. The second-order valence-corrected chi connectivity index (χ2v) is 9.35. The summed E-state index contributed by atoms with van der Waals surface area (Å²) in [6, 6.07) is 8.54. The fraction of sp³-hybridized carbons (Fsp3) is 0.167. The minimum Gasteiger partial charge on any atom is -0.478 e. The molecule has 2 aromatic carbocycles. The van der Waals surface area contributed by atoms with Gasteiger partial charge in [0.05, 0.1) is 21.0 Å². The van der Waals surface area contributed by atoms with Crippen LogP contribution in [0.1, 0.15) is 35.2 Å². The summed E-state index contributed by atoms with van der Waals surface area (Å²) in [7, 11) is -8.89. The Labute approximate surface area is 162 Å². The molecule has 8 nitrogen and oxygen atoms in total. The highest BCUT2D eigenvalue weighted by atomic mass is 32.2. The van der Waals surface area contributed by atoms with Gasteiger partial charge in [0.15, 0.2) is 0 Å². The van der Waals surface area contributed by atoms with Crippen molar-refractivity contribution >= 4 is 37.4 Å². The van der Waals surface area contributed by atoms with E-state index in [0.717, 1.165) is 49.1 Å². The van der Waals surface area contributed by atoms with Gasteiger partial charge in [-0.25, -0.2) is 13.2 Å². The Morgan fingerprint density at radius 3 is 2.32 bits per heavy atom. The standard InChI is InChI=1S/C18H17NO7S2/c20-18(21)16-9-8-13(12-4-1-2-5-12)10-17(16)19-27(22,23)14-6-3-7-15(11-14)28(24,25)26/h3-4,6-11,19H,1-2,5H2,(H,20,21)(H,24,25,26). The van der Waals surface area contributed by atoms with Crippen LogP contribution in [0.4, 0.5) is 5.69 Å². The normalized spacial score (nSPS) is 14.5. The molecular weight excluding hydrogens is 406 g/mol. The Bertz CT molecular complexity index is 1180. The first kappa shape index (κ1) is 20.1. The van der Waals surface area contributed by atoms with Crippen molar-refractivity contribution < 1.29 is 31.3 Å². The maximum absolute atomic E-state index is 12.7. The third-order valence-corrected chi connectivity index (χ3v) is 6.53. The average molecular weight is 423 g/mol. The SMILES string of the molecule is O=C(O)c1ccc(C2=CCCC2)cc1NS(=O)(=O)c1cccc(S(=O)(=O)O)c1. The first-order valence-electron chi connectivity index (χ1n) is 8.25. The summed E-state index contributed by atoms with van der Waals surface area (Å²) in [5.41, 5.74) is 1.35. The molecule has 0 bridgehead atoms.